The van der Waals surface area contributed by atoms with Gasteiger partial charge >= 0.3 is 0 Å². The van der Waals surface area contributed by atoms with Crippen LogP contribution in [0.25, 0.3) is 6.08 Å². The molecular weight excluding hydrogens is 448 g/mol. The number of amides is 2. The van der Waals surface area contributed by atoms with Crippen molar-refractivity contribution in [3.05, 3.63) is 107 Å². The van der Waals surface area contributed by atoms with Gasteiger partial charge in [0, 0.05) is 42.0 Å². The number of nitrogens with zero attached hydrogens (tertiary/aromatic N) is 1. The number of rotatable bonds is 5. The molecule has 4 aliphatic rings. The lowest BCUT2D eigenvalue weighted by Crippen LogP contribution is -2.61. The van der Waals surface area contributed by atoms with Gasteiger partial charge in [-0.05, 0) is 41.7 Å². The Kier molecular flexibility index (Phi) is 5.25. The Balaban J connectivity index is 1.44. The lowest BCUT2D eigenvalue weighted by Gasteiger charge is -2.59. The highest BCUT2D eigenvalue weighted by atomic mass is 16.5. The van der Waals surface area contributed by atoms with Crippen LogP contribution >= 0.6 is 0 Å². The summed E-state index contributed by atoms with van der Waals surface area (Å²) in [4.78, 5) is 28.8. The predicted octanol–water partition coefficient (Wildman–Crippen LogP) is 4.52. The van der Waals surface area contributed by atoms with Crippen LogP contribution in [0.5, 0.6) is 5.75 Å². The van der Waals surface area contributed by atoms with Crippen LogP contribution < -0.4 is 10.5 Å². The molecule has 4 unspecified atom stereocenters. The van der Waals surface area contributed by atoms with Gasteiger partial charge in [0.1, 0.15) is 5.75 Å². The van der Waals surface area contributed by atoms with Crippen LogP contribution in [0, 0.1) is 11.3 Å². The van der Waals surface area contributed by atoms with Crippen molar-refractivity contribution in [1.82, 2.24) is 4.90 Å². The summed E-state index contributed by atoms with van der Waals surface area (Å²) in [6.07, 6.45) is 5.20. The molecular formula is C31H30N2O3. The molecule has 2 N–H and O–H groups in total. The van der Waals surface area contributed by atoms with Crippen molar-refractivity contribution in [3.8, 4) is 5.75 Å². The molecule has 36 heavy (non-hydrogen) atoms. The van der Waals surface area contributed by atoms with E-state index < -0.39 is 5.41 Å². The molecule has 4 atom stereocenters. The first-order valence-corrected chi connectivity index (χ1v) is 12.6. The molecule has 1 saturated heterocycles. The molecule has 0 spiro atoms. The van der Waals surface area contributed by atoms with Gasteiger partial charge in [0.2, 0.25) is 11.8 Å². The van der Waals surface area contributed by atoms with E-state index in [4.69, 9.17) is 10.5 Å². The molecule has 1 aliphatic heterocycles. The first-order chi connectivity index (χ1) is 17.5. The van der Waals surface area contributed by atoms with Crippen LogP contribution in [0.1, 0.15) is 41.0 Å². The average molecular weight is 479 g/mol. The largest absolute Gasteiger partial charge is 0.496 e. The third kappa shape index (κ3) is 3.01. The Morgan fingerprint density at radius 3 is 2.50 bits per heavy atom. The number of hydrogen-bond acceptors (Lipinski definition) is 3. The Bertz CT molecular complexity index is 1370. The fourth-order valence-corrected chi connectivity index (χ4v) is 7.49. The lowest BCUT2D eigenvalue weighted by molar-refractivity contribution is -0.135. The Morgan fingerprint density at radius 2 is 1.72 bits per heavy atom. The van der Waals surface area contributed by atoms with E-state index in [1.807, 2.05) is 35.2 Å². The predicted molar refractivity (Wildman–Crippen MR) is 139 cm³/mol. The summed E-state index contributed by atoms with van der Waals surface area (Å²) >= 11 is 0. The van der Waals surface area contributed by atoms with Crippen molar-refractivity contribution in [2.24, 2.45) is 17.1 Å². The van der Waals surface area contributed by atoms with Gasteiger partial charge in [-0.3, -0.25) is 9.59 Å². The van der Waals surface area contributed by atoms with Crippen LogP contribution in [-0.4, -0.2) is 36.9 Å². The number of likely N-dealkylation sites (tertiary alicyclic amines) is 1. The van der Waals surface area contributed by atoms with Crippen LogP contribution in [-0.2, 0) is 15.0 Å². The van der Waals surface area contributed by atoms with E-state index in [0.717, 1.165) is 18.4 Å². The summed E-state index contributed by atoms with van der Waals surface area (Å²) < 4.78 is 5.42. The minimum Gasteiger partial charge on any atom is -0.496 e. The first-order valence-electron chi connectivity index (χ1n) is 12.6. The number of carbonyl (C=O) groups excluding carboxylic acids is 2. The highest BCUT2D eigenvalue weighted by Gasteiger charge is 2.69. The van der Waals surface area contributed by atoms with Gasteiger partial charge in [0.15, 0.2) is 0 Å². The fourth-order valence-electron chi connectivity index (χ4n) is 7.49. The minimum absolute atomic E-state index is 0.0118. The summed E-state index contributed by atoms with van der Waals surface area (Å²) in [7, 11) is 1.62. The number of hydrogen-bond donors (Lipinski definition) is 1. The third-order valence-electron chi connectivity index (χ3n) is 8.94. The van der Waals surface area contributed by atoms with E-state index in [1.54, 1.807) is 19.3 Å². The highest BCUT2D eigenvalue weighted by molar-refractivity contribution is 5.94. The number of fused-ring (bicyclic) bond motifs is 1. The molecule has 2 bridgehead atoms. The second-order valence-electron chi connectivity index (χ2n) is 10.3. The Morgan fingerprint density at radius 1 is 1.00 bits per heavy atom. The maximum absolute atomic E-state index is 13.5. The molecule has 1 heterocycles. The van der Waals surface area contributed by atoms with Crippen molar-refractivity contribution < 1.29 is 14.3 Å². The van der Waals surface area contributed by atoms with Crippen molar-refractivity contribution in [2.75, 3.05) is 20.2 Å². The second-order valence-corrected chi connectivity index (χ2v) is 10.3. The topological polar surface area (TPSA) is 72.6 Å². The zero-order valence-electron chi connectivity index (χ0n) is 20.4. The monoisotopic (exact) mass is 478 g/mol. The quantitative estimate of drug-likeness (QED) is 0.548. The maximum Gasteiger partial charge on any atom is 0.246 e. The molecule has 3 aliphatic carbocycles. The molecule has 2 amide bonds. The number of methoxy groups -OCH3 is 1. The van der Waals surface area contributed by atoms with Crippen LogP contribution in [0.2, 0.25) is 0 Å². The van der Waals surface area contributed by atoms with E-state index in [1.165, 1.54) is 16.7 Å². The number of primary amides is 1. The summed E-state index contributed by atoms with van der Waals surface area (Å²) in [6.45, 7) is 0.841. The highest BCUT2D eigenvalue weighted by Crippen LogP contribution is 2.68. The van der Waals surface area contributed by atoms with Gasteiger partial charge in [0.05, 0.1) is 12.5 Å². The van der Waals surface area contributed by atoms with Crippen molar-refractivity contribution >= 4 is 17.9 Å². The summed E-state index contributed by atoms with van der Waals surface area (Å²) in [5.74, 6) is 0.236. The second kappa shape index (κ2) is 8.37. The minimum atomic E-state index is -0.795. The summed E-state index contributed by atoms with van der Waals surface area (Å²) in [5.41, 5.74) is 9.65. The van der Waals surface area contributed by atoms with E-state index >= 15 is 0 Å². The van der Waals surface area contributed by atoms with Crippen LogP contribution in [0.15, 0.2) is 84.9 Å². The number of ether oxygens (including phenoxy) is 1. The van der Waals surface area contributed by atoms with E-state index in [0.29, 0.717) is 18.8 Å². The van der Waals surface area contributed by atoms with E-state index in [-0.39, 0.29) is 29.1 Å². The molecule has 1 saturated carbocycles. The van der Waals surface area contributed by atoms with Crippen molar-refractivity contribution in [2.45, 2.75) is 24.2 Å². The number of nitrogens with two attached hydrogens (primary N) is 1. The lowest BCUT2D eigenvalue weighted by atomic mass is 9.42. The fraction of sp³-hybridized carbons (Fsp3) is 0.290. The molecule has 3 aromatic carbocycles. The first kappa shape index (κ1) is 22.6. The molecule has 2 fully saturated rings. The van der Waals surface area contributed by atoms with Crippen LogP contribution in [0.3, 0.4) is 0 Å². The average Bonchev–Trinajstić information content (AvgIpc) is 3.37. The van der Waals surface area contributed by atoms with Gasteiger partial charge in [-0.2, -0.15) is 0 Å². The van der Waals surface area contributed by atoms with Gasteiger partial charge in [-0.25, -0.2) is 0 Å². The van der Waals surface area contributed by atoms with Crippen molar-refractivity contribution in [3.63, 3.8) is 0 Å². The maximum atomic E-state index is 13.5. The molecule has 0 radical (unpaired) electrons. The molecule has 5 heteroatoms. The summed E-state index contributed by atoms with van der Waals surface area (Å²) in [5, 5.41) is 0. The molecule has 3 aromatic rings. The van der Waals surface area contributed by atoms with Gasteiger partial charge in [-0.15, -0.1) is 0 Å². The van der Waals surface area contributed by atoms with Crippen LogP contribution in [0.4, 0.5) is 0 Å². The molecule has 0 aromatic heterocycles. The molecule has 7 rings (SSSR count). The number of carbonyl (C=O) groups is 2. The smallest absolute Gasteiger partial charge is 0.246 e. The Labute approximate surface area is 211 Å². The van der Waals surface area contributed by atoms with E-state index in [2.05, 4.69) is 48.5 Å². The zero-order valence-corrected chi connectivity index (χ0v) is 20.4. The normalized spacial score (nSPS) is 28.1. The standard InChI is InChI=1S/C31H30N2O3/c1-36-26-14-8-5-9-21(26)15-16-28(34)33-19-27-30(22-10-3-2-4-11-22)18-17-25(31(27,20-33)29(32)35)23-12-6-7-13-24(23)30/h2-16,25,27H,17-20H2,1H3,(H2,32,35). The zero-order chi connectivity index (χ0) is 24.9. The van der Waals surface area contributed by atoms with Gasteiger partial charge in [-0.1, -0.05) is 72.8 Å². The molecule has 5 nitrogen and oxygen atoms in total. The number of para-hydroxylation sites is 1. The van der Waals surface area contributed by atoms with Gasteiger partial charge < -0.3 is 15.4 Å². The van der Waals surface area contributed by atoms with Gasteiger partial charge in [0.25, 0.3) is 0 Å². The molecule has 182 valence electrons. The SMILES string of the molecule is COc1ccccc1C=CC(=O)N1CC2C3(c4ccccc4)CCC(c4ccccc43)C2(C(N)=O)C1. The van der Waals surface area contributed by atoms with Crippen molar-refractivity contribution in [1.29, 1.82) is 0 Å². The third-order valence-corrected chi connectivity index (χ3v) is 8.94. The van der Waals surface area contributed by atoms with E-state index in [9.17, 15) is 9.59 Å². The Hall–Kier alpha value is -3.86. The number of benzene rings is 3. The summed E-state index contributed by atoms with van der Waals surface area (Å²) in [6, 6.07) is 26.6.